The van der Waals surface area contributed by atoms with Crippen molar-refractivity contribution in [3.63, 3.8) is 0 Å². The Bertz CT molecular complexity index is 536. The summed E-state index contributed by atoms with van der Waals surface area (Å²) in [4.78, 5) is 24.3. The number of rotatable bonds is 11. The third-order valence-corrected chi connectivity index (χ3v) is 4.02. The zero-order valence-electron chi connectivity index (χ0n) is 16.0. The molecule has 0 bridgehead atoms. The molecule has 0 aliphatic carbocycles. The standard InChI is InChI=1S/C21H32O4/c1-5-6-7-11-17(4)25-21(23)19-13-8-12-18(15-19)20(22)24-14-9-10-16(2)3/h8,12-13,15-17H,5-7,9-11,14H2,1-4H3. The summed E-state index contributed by atoms with van der Waals surface area (Å²) in [5, 5.41) is 0. The van der Waals surface area contributed by atoms with Gasteiger partial charge in [-0.3, -0.25) is 0 Å². The molecule has 4 nitrogen and oxygen atoms in total. The summed E-state index contributed by atoms with van der Waals surface area (Å²) in [5.41, 5.74) is 0.775. The fraction of sp³-hybridized carbons (Fsp3) is 0.619. The van der Waals surface area contributed by atoms with Gasteiger partial charge in [-0.15, -0.1) is 0 Å². The summed E-state index contributed by atoms with van der Waals surface area (Å²) in [5.74, 6) is -0.191. The van der Waals surface area contributed by atoms with Crippen LogP contribution < -0.4 is 0 Å². The quantitative estimate of drug-likeness (QED) is 0.396. The van der Waals surface area contributed by atoms with Crippen molar-refractivity contribution in [3.05, 3.63) is 35.4 Å². The molecule has 0 amide bonds. The Morgan fingerprint density at radius 3 is 2.28 bits per heavy atom. The fourth-order valence-corrected chi connectivity index (χ4v) is 2.50. The third-order valence-electron chi connectivity index (χ3n) is 4.02. The van der Waals surface area contributed by atoms with Gasteiger partial charge in [0.25, 0.3) is 0 Å². The summed E-state index contributed by atoms with van der Waals surface area (Å²) >= 11 is 0. The van der Waals surface area contributed by atoms with Crippen LogP contribution in [0.1, 0.15) is 86.9 Å². The first-order valence-corrected chi connectivity index (χ1v) is 9.42. The van der Waals surface area contributed by atoms with Crippen molar-refractivity contribution in [1.29, 1.82) is 0 Å². The van der Waals surface area contributed by atoms with Gasteiger partial charge in [-0.1, -0.05) is 39.7 Å². The van der Waals surface area contributed by atoms with E-state index in [1.807, 2.05) is 6.92 Å². The van der Waals surface area contributed by atoms with E-state index in [0.29, 0.717) is 23.7 Å². The van der Waals surface area contributed by atoms with Crippen molar-refractivity contribution in [3.8, 4) is 0 Å². The molecule has 0 saturated heterocycles. The lowest BCUT2D eigenvalue weighted by Crippen LogP contribution is -2.16. The molecule has 0 spiro atoms. The fourth-order valence-electron chi connectivity index (χ4n) is 2.50. The molecule has 0 saturated carbocycles. The minimum atomic E-state index is -0.394. The molecule has 1 aromatic carbocycles. The van der Waals surface area contributed by atoms with Crippen LogP contribution in [0.25, 0.3) is 0 Å². The van der Waals surface area contributed by atoms with Crippen LogP contribution in [0.5, 0.6) is 0 Å². The molecular weight excluding hydrogens is 316 g/mol. The summed E-state index contributed by atoms with van der Waals surface area (Å²) in [6.07, 6.45) is 5.94. The largest absolute Gasteiger partial charge is 0.462 e. The average molecular weight is 348 g/mol. The molecule has 0 aliphatic rings. The topological polar surface area (TPSA) is 52.6 Å². The van der Waals surface area contributed by atoms with Crippen molar-refractivity contribution in [2.75, 3.05) is 6.61 Å². The zero-order chi connectivity index (χ0) is 18.7. The molecule has 140 valence electrons. The van der Waals surface area contributed by atoms with Crippen LogP contribution in [0.15, 0.2) is 24.3 Å². The first kappa shape index (κ1) is 21.2. The molecule has 0 heterocycles. The lowest BCUT2D eigenvalue weighted by Gasteiger charge is -2.13. The second kappa shape index (κ2) is 11.7. The van der Waals surface area contributed by atoms with E-state index in [1.165, 1.54) is 0 Å². The van der Waals surface area contributed by atoms with Crippen LogP contribution in [-0.4, -0.2) is 24.6 Å². The lowest BCUT2D eigenvalue weighted by molar-refractivity contribution is 0.0319. The van der Waals surface area contributed by atoms with E-state index in [4.69, 9.17) is 9.47 Å². The molecule has 4 heteroatoms. The smallest absolute Gasteiger partial charge is 0.338 e. The van der Waals surface area contributed by atoms with Gasteiger partial charge in [0.2, 0.25) is 0 Å². The van der Waals surface area contributed by atoms with Gasteiger partial charge in [0, 0.05) is 0 Å². The molecular formula is C21H32O4. The Morgan fingerprint density at radius 1 is 0.960 bits per heavy atom. The van der Waals surface area contributed by atoms with Crippen LogP contribution in [-0.2, 0) is 9.47 Å². The molecule has 0 fully saturated rings. The number of unbranched alkanes of at least 4 members (excludes halogenated alkanes) is 2. The molecule has 0 aliphatic heterocycles. The van der Waals surface area contributed by atoms with Gasteiger partial charge in [-0.25, -0.2) is 9.59 Å². The maximum atomic E-state index is 12.2. The van der Waals surface area contributed by atoms with E-state index in [0.717, 1.165) is 38.5 Å². The number of hydrogen-bond acceptors (Lipinski definition) is 4. The van der Waals surface area contributed by atoms with Crippen molar-refractivity contribution in [2.24, 2.45) is 5.92 Å². The van der Waals surface area contributed by atoms with Crippen molar-refractivity contribution in [1.82, 2.24) is 0 Å². The highest BCUT2D eigenvalue weighted by molar-refractivity contribution is 5.95. The predicted octanol–water partition coefficient (Wildman–Crippen LogP) is 5.41. The molecule has 25 heavy (non-hydrogen) atoms. The molecule has 1 aromatic rings. The summed E-state index contributed by atoms with van der Waals surface area (Å²) in [6.45, 7) is 8.73. The number of esters is 2. The highest BCUT2D eigenvalue weighted by atomic mass is 16.5. The van der Waals surface area contributed by atoms with Gasteiger partial charge in [-0.2, -0.15) is 0 Å². The molecule has 1 unspecified atom stereocenters. The van der Waals surface area contributed by atoms with Crippen molar-refractivity contribution in [2.45, 2.75) is 72.3 Å². The van der Waals surface area contributed by atoms with Crippen LogP contribution in [0, 0.1) is 5.92 Å². The normalized spacial score (nSPS) is 12.0. The monoisotopic (exact) mass is 348 g/mol. The van der Waals surface area contributed by atoms with E-state index in [1.54, 1.807) is 24.3 Å². The van der Waals surface area contributed by atoms with Gasteiger partial charge in [0.1, 0.15) is 0 Å². The van der Waals surface area contributed by atoms with Gasteiger partial charge in [0.15, 0.2) is 0 Å². The lowest BCUT2D eigenvalue weighted by atomic mass is 10.1. The first-order valence-electron chi connectivity index (χ1n) is 9.42. The highest BCUT2D eigenvalue weighted by Gasteiger charge is 2.15. The second-order valence-corrected chi connectivity index (χ2v) is 6.96. The Kier molecular flexibility index (Phi) is 9.90. The number of ether oxygens (including phenoxy) is 2. The van der Waals surface area contributed by atoms with Gasteiger partial charge in [-0.05, 0) is 56.7 Å². The molecule has 0 aromatic heterocycles. The minimum Gasteiger partial charge on any atom is -0.462 e. The predicted molar refractivity (Wildman–Crippen MR) is 99.8 cm³/mol. The van der Waals surface area contributed by atoms with E-state index in [2.05, 4.69) is 20.8 Å². The van der Waals surface area contributed by atoms with E-state index < -0.39 is 11.9 Å². The number of carbonyl (C=O) groups is 2. The Balaban J connectivity index is 2.52. The van der Waals surface area contributed by atoms with Crippen molar-refractivity contribution >= 4 is 11.9 Å². The SMILES string of the molecule is CCCCCC(C)OC(=O)c1cccc(C(=O)OCCCC(C)C)c1. The van der Waals surface area contributed by atoms with E-state index >= 15 is 0 Å². The maximum Gasteiger partial charge on any atom is 0.338 e. The summed E-state index contributed by atoms with van der Waals surface area (Å²) in [7, 11) is 0. The second-order valence-electron chi connectivity index (χ2n) is 6.96. The highest BCUT2D eigenvalue weighted by Crippen LogP contribution is 2.13. The van der Waals surface area contributed by atoms with Crippen LogP contribution >= 0.6 is 0 Å². The summed E-state index contributed by atoms with van der Waals surface area (Å²) < 4.78 is 10.7. The number of hydrogen-bond donors (Lipinski definition) is 0. The van der Waals surface area contributed by atoms with Crippen LogP contribution in [0.4, 0.5) is 0 Å². The van der Waals surface area contributed by atoms with Crippen LogP contribution in [0.2, 0.25) is 0 Å². The van der Waals surface area contributed by atoms with E-state index in [9.17, 15) is 9.59 Å². The minimum absolute atomic E-state index is 0.120. The zero-order valence-corrected chi connectivity index (χ0v) is 16.0. The molecule has 0 N–H and O–H groups in total. The van der Waals surface area contributed by atoms with Gasteiger partial charge < -0.3 is 9.47 Å². The number of benzene rings is 1. The maximum absolute atomic E-state index is 12.2. The average Bonchev–Trinajstić information content (AvgIpc) is 2.58. The molecule has 1 rings (SSSR count). The Hall–Kier alpha value is -1.84. The van der Waals surface area contributed by atoms with Gasteiger partial charge in [0.05, 0.1) is 23.8 Å². The first-order chi connectivity index (χ1) is 11.9. The van der Waals surface area contributed by atoms with Crippen LogP contribution in [0.3, 0.4) is 0 Å². The number of carbonyl (C=O) groups excluding carboxylic acids is 2. The third kappa shape index (κ3) is 8.71. The van der Waals surface area contributed by atoms with Crippen molar-refractivity contribution < 1.29 is 19.1 Å². The Morgan fingerprint density at radius 2 is 1.64 bits per heavy atom. The van der Waals surface area contributed by atoms with Gasteiger partial charge >= 0.3 is 11.9 Å². The molecule has 0 radical (unpaired) electrons. The van der Waals surface area contributed by atoms with E-state index in [-0.39, 0.29) is 6.10 Å². The Labute approximate surface area is 151 Å². The molecule has 1 atom stereocenters. The summed E-state index contributed by atoms with van der Waals surface area (Å²) in [6, 6.07) is 6.55.